The Morgan fingerprint density at radius 1 is 0.610 bits per heavy atom. The van der Waals surface area contributed by atoms with Gasteiger partial charge in [0.2, 0.25) is 5.70 Å². The molecule has 0 bridgehead atoms. The monoisotopic (exact) mass is 1150 g/mol. The second-order valence-corrected chi connectivity index (χ2v) is 21.9. The Labute approximate surface area is 497 Å². The van der Waals surface area contributed by atoms with E-state index in [0.29, 0.717) is 82.0 Å². The zero-order chi connectivity index (χ0) is 57.0. The van der Waals surface area contributed by atoms with E-state index in [4.69, 9.17) is 71.1 Å². The molecule has 402 valence electrons. The van der Waals surface area contributed by atoms with Crippen molar-refractivity contribution in [1.82, 2.24) is 33.8 Å². The number of fused-ring (bicyclic) bond motifs is 3. The SMILES string of the molecule is [C-]#[N+]/C(c1cnc2cc(Cl)c(Cl)cc2n1)=c1\c2c(C(C)C)n(B(c3ccccc3)c3ccccc3)/c(=C(/C#N)c3cnc4cc(Cl)c(Cl)cc4n3)c2c(-c2ccc(OCCCN(CC)CC)cc2)n1B(c1ccccc1)c1ccccc1. The molecule has 11 rings (SSSR count). The van der Waals surface area contributed by atoms with Gasteiger partial charge >= 0.3 is 13.7 Å². The Kier molecular flexibility index (Phi) is 16.6. The van der Waals surface area contributed by atoms with E-state index in [2.05, 4.69) is 113 Å². The van der Waals surface area contributed by atoms with E-state index in [1.165, 1.54) is 0 Å². The molecule has 4 aromatic heterocycles. The minimum absolute atomic E-state index is 0.221. The standard InChI is InChI=1S/C66H53B2Cl4N9O/c1-6-79(7-2)33-20-34-82-48-31-29-43(30-32-48)64-61-60(66(62(74-5)59-41-76-55-36-51(70)53(72)38-57(55)78-59)81(64)68(46-25-16-10-17-26-46)47-27-18-11-19-28-47)63(42(3)4)80(67(44-21-12-8-13-22-44)45-23-14-9-15-24-45)65(61)49(39-73)58-40-75-54-35-50(69)52(71)37-56(54)77-58/h8-19,21-32,35-38,40-42H,6-7,20,33-34H2,1-4H3/b65-49-,66-62+. The fourth-order valence-corrected chi connectivity index (χ4v) is 11.9. The van der Waals surface area contributed by atoms with Crippen molar-refractivity contribution in [1.29, 1.82) is 5.26 Å². The zero-order valence-electron chi connectivity index (χ0n) is 45.5. The summed E-state index contributed by atoms with van der Waals surface area (Å²) in [5.41, 5.74) is 9.25. The molecular formula is C66H53B2Cl4N9O. The molecule has 0 atom stereocenters. The molecule has 0 amide bonds. The molecule has 0 aliphatic heterocycles. The van der Waals surface area contributed by atoms with Crippen molar-refractivity contribution >= 4 is 126 Å². The van der Waals surface area contributed by atoms with E-state index in [1.54, 1.807) is 36.7 Å². The predicted molar refractivity (Wildman–Crippen MR) is 340 cm³/mol. The van der Waals surface area contributed by atoms with E-state index in [9.17, 15) is 11.8 Å². The highest BCUT2D eigenvalue weighted by atomic mass is 35.5. The van der Waals surface area contributed by atoms with Crippen LogP contribution in [0.3, 0.4) is 0 Å². The summed E-state index contributed by atoms with van der Waals surface area (Å²) in [5.74, 6) is 0.453. The zero-order valence-corrected chi connectivity index (χ0v) is 48.6. The minimum atomic E-state index is -0.576. The highest BCUT2D eigenvalue weighted by molar-refractivity contribution is 6.85. The maximum atomic E-state index is 12.2. The molecule has 16 heteroatoms. The largest absolute Gasteiger partial charge is 0.494 e. The summed E-state index contributed by atoms with van der Waals surface area (Å²) in [7, 11) is 0. The molecule has 0 N–H and O–H groups in total. The van der Waals surface area contributed by atoms with Crippen molar-refractivity contribution in [3.05, 3.63) is 242 Å². The quantitative estimate of drug-likeness (QED) is 0.0508. The van der Waals surface area contributed by atoms with Gasteiger partial charge < -0.3 is 18.6 Å². The molecule has 0 aliphatic carbocycles. The van der Waals surface area contributed by atoms with E-state index in [0.717, 1.165) is 70.2 Å². The van der Waals surface area contributed by atoms with Gasteiger partial charge in [-0.2, -0.15) is 5.26 Å². The highest BCUT2D eigenvalue weighted by Crippen LogP contribution is 2.36. The normalized spacial score (nSPS) is 12.2. The van der Waals surface area contributed by atoms with Gasteiger partial charge in [0.05, 0.1) is 72.6 Å². The van der Waals surface area contributed by atoms with Crippen LogP contribution in [0.4, 0.5) is 0 Å². The lowest BCUT2D eigenvalue weighted by molar-refractivity contribution is 0.249. The minimum Gasteiger partial charge on any atom is -0.494 e. The summed E-state index contributed by atoms with van der Waals surface area (Å²) in [6, 6.07) is 58.8. The molecule has 0 spiro atoms. The summed E-state index contributed by atoms with van der Waals surface area (Å²) in [4.78, 5) is 27.1. The number of nitrogens with zero attached hydrogens (tertiary/aromatic N) is 9. The summed E-state index contributed by atoms with van der Waals surface area (Å²) < 4.78 is 11.1. The topological polar surface area (TPSA) is 102 Å². The van der Waals surface area contributed by atoms with Crippen LogP contribution in [0.15, 0.2) is 182 Å². The van der Waals surface area contributed by atoms with Gasteiger partial charge in [-0.3, -0.25) is 15.0 Å². The molecule has 0 fully saturated rings. The number of halogens is 4. The molecule has 0 saturated heterocycles. The van der Waals surface area contributed by atoms with Gasteiger partial charge in [-0.05, 0) is 79.5 Å². The van der Waals surface area contributed by atoms with Gasteiger partial charge in [0.25, 0.3) is 0 Å². The summed E-state index contributed by atoms with van der Waals surface area (Å²) in [6.07, 6.45) is 4.12. The van der Waals surface area contributed by atoms with Crippen LogP contribution in [-0.4, -0.2) is 73.7 Å². The van der Waals surface area contributed by atoms with Crippen LogP contribution < -0.4 is 37.3 Å². The smallest absolute Gasteiger partial charge is 0.327 e. The van der Waals surface area contributed by atoms with Crippen molar-refractivity contribution < 1.29 is 4.74 Å². The van der Waals surface area contributed by atoms with E-state index in [1.807, 2.05) is 84.9 Å². The first-order valence-corrected chi connectivity index (χ1v) is 28.8. The molecular weight excluding hydrogens is 1100 g/mol. The molecule has 82 heavy (non-hydrogen) atoms. The van der Waals surface area contributed by atoms with Crippen molar-refractivity contribution in [2.24, 2.45) is 0 Å². The fraction of sp³-hybridized carbons (Fsp3) is 0.152. The van der Waals surface area contributed by atoms with Crippen LogP contribution in [-0.2, 0) is 0 Å². The van der Waals surface area contributed by atoms with E-state index < -0.39 is 13.7 Å². The number of ether oxygens (including phenoxy) is 1. The van der Waals surface area contributed by atoms with Gasteiger partial charge in [-0.25, -0.2) is 9.83 Å². The van der Waals surface area contributed by atoms with Gasteiger partial charge in [0.1, 0.15) is 23.1 Å². The van der Waals surface area contributed by atoms with Gasteiger partial charge in [0.15, 0.2) is 0 Å². The average molecular weight is 1150 g/mol. The van der Waals surface area contributed by atoms with Crippen LogP contribution in [0.1, 0.15) is 57.1 Å². The number of nitriles is 1. The second-order valence-electron chi connectivity index (χ2n) is 20.2. The third-order valence-electron chi connectivity index (χ3n) is 15.0. The molecule has 10 nitrogen and oxygen atoms in total. The lowest BCUT2D eigenvalue weighted by Crippen LogP contribution is -2.54. The van der Waals surface area contributed by atoms with Crippen LogP contribution in [0.5, 0.6) is 5.75 Å². The van der Waals surface area contributed by atoms with Crippen LogP contribution in [0, 0.1) is 17.9 Å². The summed E-state index contributed by atoms with van der Waals surface area (Å²) >= 11 is 26.5. The van der Waals surface area contributed by atoms with Crippen molar-refractivity contribution in [3.63, 3.8) is 0 Å². The van der Waals surface area contributed by atoms with E-state index >= 15 is 0 Å². The lowest BCUT2D eigenvalue weighted by Gasteiger charge is -2.25. The Morgan fingerprint density at radius 3 is 1.51 bits per heavy atom. The van der Waals surface area contributed by atoms with Crippen molar-refractivity contribution in [2.45, 2.75) is 40.0 Å². The fourth-order valence-electron chi connectivity index (χ4n) is 11.2. The first kappa shape index (κ1) is 55.7. The number of rotatable bonds is 17. The van der Waals surface area contributed by atoms with Crippen LogP contribution in [0.2, 0.25) is 20.1 Å². The average Bonchev–Trinajstić information content (AvgIpc) is 1.69. The number of aromatic nitrogens is 6. The Hall–Kier alpha value is -8.19. The van der Waals surface area contributed by atoms with Gasteiger partial charge in [-0.1, -0.05) is 217 Å². The summed E-state index contributed by atoms with van der Waals surface area (Å²) in [5, 5.41) is 16.1. The maximum Gasteiger partial charge on any atom is 0.327 e. The molecule has 0 radical (unpaired) electrons. The molecule has 4 heterocycles. The Bertz CT molecular complexity index is 4180. The third-order valence-corrected chi connectivity index (χ3v) is 16.4. The predicted octanol–water partition coefficient (Wildman–Crippen LogP) is 12.0. The molecule has 0 unspecified atom stereocenters. The van der Waals surface area contributed by atoms with E-state index in [-0.39, 0.29) is 17.2 Å². The second kappa shape index (κ2) is 24.5. The van der Waals surface area contributed by atoms with Crippen LogP contribution in [0.25, 0.3) is 60.2 Å². The number of benzene rings is 7. The number of hydrogen-bond acceptors (Lipinski definition) is 7. The van der Waals surface area contributed by atoms with Crippen LogP contribution >= 0.6 is 46.4 Å². The van der Waals surface area contributed by atoms with Crippen molar-refractivity contribution in [2.75, 3.05) is 26.2 Å². The lowest BCUT2D eigenvalue weighted by atomic mass is 9.50. The molecule has 11 aromatic rings. The van der Waals surface area contributed by atoms with Gasteiger partial charge in [0, 0.05) is 40.3 Å². The molecule has 0 aliphatic rings. The first-order chi connectivity index (χ1) is 40.0. The maximum absolute atomic E-state index is 12.2. The third kappa shape index (κ3) is 10.8. The molecule has 0 saturated carbocycles. The Balaban J connectivity index is 1.41. The van der Waals surface area contributed by atoms with Gasteiger partial charge in [-0.15, -0.1) is 0 Å². The Morgan fingerprint density at radius 2 is 1.06 bits per heavy atom. The first-order valence-electron chi connectivity index (χ1n) is 27.3. The number of hydrogen-bond donors (Lipinski definition) is 0. The highest BCUT2D eigenvalue weighted by Gasteiger charge is 2.37. The summed E-state index contributed by atoms with van der Waals surface area (Å²) in [6.45, 7) is 20.5. The van der Waals surface area contributed by atoms with Crippen molar-refractivity contribution in [3.8, 4) is 23.1 Å². The molecule has 7 aromatic carbocycles.